The summed E-state index contributed by atoms with van der Waals surface area (Å²) >= 11 is 0. The fourth-order valence-corrected chi connectivity index (χ4v) is 2.27. The van der Waals surface area contributed by atoms with Gasteiger partial charge in [0, 0.05) is 30.8 Å². The molecule has 5 heteroatoms. The van der Waals surface area contributed by atoms with E-state index in [2.05, 4.69) is 5.32 Å². The molecule has 2 rings (SSSR count). The number of halogens is 3. The second-order valence-corrected chi connectivity index (χ2v) is 5.30. The first-order valence-electron chi connectivity index (χ1n) is 6.03. The maximum atomic E-state index is 13.7. The highest BCUT2D eigenvalue weighted by Gasteiger charge is 2.26. The predicted octanol–water partition coefficient (Wildman–Crippen LogP) is 2.68. The molecule has 0 aliphatic carbocycles. The lowest BCUT2D eigenvalue weighted by Gasteiger charge is -2.31. The van der Waals surface area contributed by atoms with Gasteiger partial charge in [-0.25, -0.2) is 13.2 Å². The molecule has 0 spiro atoms. The third-order valence-electron chi connectivity index (χ3n) is 3.12. The van der Waals surface area contributed by atoms with Crippen molar-refractivity contribution in [1.29, 1.82) is 0 Å². The predicted molar refractivity (Wildman–Crippen MR) is 65.2 cm³/mol. The summed E-state index contributed by atoms with van der Waals surface area (Å²) in [4.78, 5) is 1.76. The molecule has 1 heterocycles. The van der Waals surface area contributed by atoms with E-state index in [0.717, 1.165) is 19.0 Å². The van der Waals surface area contributed by atoms with E-state index < -0.39 is 17.5 Å². The van der Waals surface area contributed by atoms with Crippen LogP contribution in [0.25, 0.3) is 0 Å². The summed E-state index contributed by atoms with van der Waals surface area (Å²) in [5, 5.41) is 3.33. The highest BCUT2D eigenvalue weighted by Crippen LogP contribution is 2.25. The zero-order valence-electron chi connectivity index (χ0n) is 10.6. The summed E-state index contributed by atoms with van der Waals surface area (Å²) in [6.45, 7) is 6.01. The average molecular weight is 258 g/mol. The minimum atomic E-state index is -1.15. The van der Waals surface area contributed by atoms with Gasteiger partial charge in [0.2, 0.25) is 0 Å². The molecular formula is C13H17F3N2. The lowest BCUT2D eigenvalue weighted by atomic mass is 10.1. The normalized spacial score (nSPS) is 19.7. The molecule has 1 aliphatic heterocycles. The molecule has 1 aromatic rings. The molecule has 1 aromatic carbocycles. The molecule has 100 valence electrons. The Bertz CT molecular complexity index is 446. The molecule has 2 nitrogen and oxygen atoms in total. The van der Waals surface area contributed by atoms with Crippen LogP contribution >= 0.6 is 0 Å². The van der Waals surface area contributed by atoms with Crippen molar-refractivity contribution in [3.63, 3.8) is 0 Å². The second-order valence-electron chi connectivity index (χ2n) is 5.30. The Hall–Kier alpha value is -1.23. The van der Waals surface area contributed by atoms with Crippen molar-refractivity contribution in [3.8, 4) is 0 Å². The standard InChI is InChI=1S/C13H17F3N2/c1-13(2)8-18(5-3-4-17-13)12-7-10(15)9(14)6-11(12)16/h6-7,17H,3-5,8H2,1-2H3. The zero-order valence-corrected chi connectivity index (χ0v) is 10.6. The minimum Gasteiger partial charge on any atom is -0.367 e. The first-order valence-corrected chi connectivity index (χ1v) is 6.03. The van der Waals surface area contributed by atoms with Gasteiger partial charge in [0.25, 0.3) is 0 Å². The molecule has 1 N–H and O–H groups in total. The van der Waals surface area contributed by atoms with Gasteiger partial charge in [-0.05, 0) is 26.8 Å². The molecule has 0 saturated carbocycles. The van der Waals surface area contributed by atoms with Gasteiger partial charge in [-0.2, -0.15) is 0 Å². The van der Waals surface area contributed by atoms with Crippen LogP contribution in [0.4, 0.5) is 18.9 Å². The summed E-state index contributed by atoms with van der Waals surface area (Å²) in [6, 6.07) is 1.54. The number of hydrogen-bond acceptors (Lipinski definition) is 2. The zero-order chi connectivity index (χ0) is 13.3. The molecule has 0 amide bonds. The van der Waals surface area contributed by atoms with Gasteiger partial charge in [0.05, 0.1) is 5.69 Å². The Morgan fingerprint density at radius 1 is 1.11 bits per heavy atom. The van der Waals surface area contributed by atoms with Crippen LogP contribution in [-0.4, -0.2) is 25.2 Å². The Balaban J connectivity index is 2.32. The van der Waals surface area contributed by atoms with Gasteiger partial charge >= 0.3 is 0 Å². The number of nitrogens with one attached hydrogen (secondary N) is 1. The Labute approximate surface area is 105 Å². The van der Waals surface area contributed by atoms with Crippen LogP contribution in [-0.2, 0) is 0 Å². The third-order valence-corrected chi connectivity index (χ3v) is 3.12. The highest BCUT2D eigenvalue weighted by atomic mass is 19.2. The molecule has 0 aromatic heterocycles. The maximum Gasteiger partial charge on any atom is 0.161 e. The minimum absolute atomic E-state index is 0.130. The molecule has 1 aliphatic rings. The average Bonchev–Trinajstić information content (AvgIpc) is 2.44. The molecule has 0 atom stereocenters. The molecule has 1 fully saturated rings. The van der Waals surface area contributed by atoms with Gasteiger partial charge < -0.3 is 10.2 Å². The first kappa shape index (κ1) is 13.2. The van der Waals surface area contributed by atoms with Crippen LogP contribution in [0.3, 0.4) is 0 Å². The van der Waals surface area contributed by atoms with E-state index in [1.165, 1.54) is 0 Å². The van der Waals surface area contributed by atoms with Crippen LogP contribution < -0.4 is 10.2 Å². The number of hydrogen-bond donors (Lipinski definition) is 1. The van der Waals surface area contributed by atoms with E-state index in [0.29, 0.717) is 19.2 Å². The number of benzene rings is 1. The summed E-state index contributed by atoms with van der Waals surface area (Å²) in [7, 11) is 0. The Morgan fingerprint density at radius 2 is 1.78 bits per heavy atom. The van der Waals surface area contributed by atoms with Crippen molar-refractivity contribution >= 4 is 5.69 Å². The van der Waals surface area contributed by atoms with Crippen LogP contribution in [0.15, 0.2) is 12.1 Å². The third kappa shape index (κ3) is 2.77. The SMILES string of the molecule is CC1(C)CN(c2cc(F)c(F)cc2F)CCCN1. The van der Waals surface area contributed by atoms with E-state index in [1.807, 2.05) is 13.8 Å². The molecule has 18 heavy (non-hydrogen) atoms. The van der Waals surface area contributed by atoms with Crippen LogP contribution in [0.2, 0.25) is 0 Å². The first-order chi connectivity index (χ1) is 8.39. The molecule has 1 saturated heterocycles. The highest BCUT2D eigenvalue weighted by molar-refractivity contribution is 5.49. The monoisotopic (exact) mass is 258 g/mol. The summed E-state index contributed by atoms with van der Waals surface area (Å²) in [5.74, 6) is -2.88. The molecule has 0 radical (unpaired) electrons. The summed E-state index contributed by atoms with van der Waals surface area (Å²) in [5.41, 5.74) is -0.0564. The summed E-state index contributed by atoms with van der Waals surface area (Å²) in [6.07, 6.45) is 0.835. The van der Waals surface area contributed by atoms with Crippen molar-refractivity contribution in [2.45, 2.75) is 25.8 Å². The van der Waals surface area contributed by atoms with Gasteiger partial charge in [-0.15, -0.1) is 0 Å². The van der Waals surface area contributed by atoms with Crippen molar-refractivity contribution in [2.75, 3.05) is 24.5 Å². The van der Waals surface area contributed by atoms with E-state index in [4.69, 9.17) is 0 Å². The Morgan fingerprint density at radius 3 is 2.50 bits per heavy atom. The van der Waals surface area contributed by atoms with Gasteiger partial charge in [0.15, 0.2) is 11.6 Å². The van der Waals surface area contributed by atoms with E-state index in [9.17, 15) is 13.2 Å². The van der Waals surface area contributed by atoms with Crippen molar-refractivity contribution in [1.82, 2.24) is 5.32 Å². The van der Waals surface area contributed by atoms with Gasteiger partial charge in [0.1, 0.15) is 5.82 Å². The maximum absolute atomic E-state index is 13.7. The fraction of sp³-hybridized carbons (Fsp3) is 0.538. The fourth-order valence-electron chi connectivity index (χ4n) is 2.27. The largest absolute Gasteiger partial charge is 0.367 e. The molecule has 0 unspecified atom stereocenters. The number of nitrogens with zero attached hydrogens (tertiary/aromatic N) is 1. The van der Waals surface area contributed by atoms with Crippen LogP contribution in [0.5, 0.6) is 0 Å². The van der Waals surface area contributed by atoms with Crippen molar-refractivity contribution in [2.24, 2.45) is 0 Å². The van der Waals surface area contributed by atoms with E-state index in [1.54, 1.807) is 4.90 Å². The van der Waals surface area contributed by atoms with E-state index in [-0.39, 0.29) is 11.2 Å². The summed E-state index contributed by atoms with van der Waals surface area (Å²) < 4.78 is 39.9. The Kier molecular flexibility index (Phi) is 3.52. The topological polar surface area (TPSA) is 15.3 Å². The van der Waals surface area contributed by atoms with Crippen molar-refractivity contribution < 1.29 is 13.2 Å². The van der Waals surface area contributed by atoms with Crippen LogP contribution in [0, 0.1) is 17.5 Å². The van der Waals surface area contributed by atoms with Gasteiger partial charge in [-0.3, -0.25) is 0 Å². The van der Waals surface area contributed by atoms with Gasteiger partial charge in [-0.1, -0.05) is 0 Å². The smallest absolute Gasteiger partial charge is 0.161 e. The lowest BCUT2D eigenvalue weighted by molar-refractivity contribution is 0.414. The quantitative estimate of drug-likeness (QED) is 0.779. The molecular weight excluding hydrogens is 241 g/mol. The van der Waals surface area contributed by atoms with Crippen LogP contribution in [0.1, 0.15) is 20.3 Å². The van der Waals surface area contributed by atoms with E-state index >= 15 is 0 Å². The number of rotatable bonds is 1. The van der Waals surface area contributed by atoms with Crippen molar-refractivity contribution in [3.05, 3.63) is 29.6 Å². The lowest BCUT2D eigenvalue weighted by Crippen LogP contribution is -2.46. The number of anilines is 1. The molecule has 0 bridgehead atoms. The second kappa shape index (κ2) is 4.80.